The highest BCUT2D eigenvalue weighted by atomic mass is 32.2. The van der Waals surface area contributed by atoms with Crippen molar-refractivity contribution in [3.05, 3.63) is 41.9 Å². The number of halogens is 2. The van der Waals surface area contributed by atoms with Crippen molar-refractivity contribution in [1.29, 1.82) is 0 Å². The molecule has 0 saturated carbocycles. The maximum Gasteiger partial charge on any atom is 0.339 e. The predicted octanol–water partition coefficient (Wildman–Crippen LogP) is 4.53. The van der Waals surface area contributed by atoms with Crippen molar-refractivity contribution in [1.82, 2.24) is 4.31 Å². The molecule has 26 heavy (non-hydrogen) atoms. The molecule has 0 unspecified atom stereocenters. The van der Waals surface area contributed by atoms with Gasteiger partial charge in [-0.2, -0.15) is 0 Å². The molecule has 8 heteroatoms. The summed E-state index contributed by atoms with van der Waals surface area (Å²) in [6, 6.07) is 5.25. The van der Waals surface area contributed by atoms with Crippen LogP contribution in [0.2, 0.25) is 0 Å². The number of alkyl halides is 2. The van der Waals surface area contributed by atoms with E-state index in [1.165, 1.54) is 31.6 Å². The third kappa shape index (κ3) is 4.02. The third-order valence-corrected chi connectivity index (χ3v) is 5.52. The van der Waals surface area contributed by atoms with Gasteiger partial charge < -0.3 is 14.3 Å². The van der Waals surface area contributed by atoms with Gasteiger partial charge in [0.2, 0.25) is 0 Å². The normalized spacial score (nSPS) is 17.2. The van der Waals surface area contributed by atoms with Crippen LogP contribution in [0.25, 0.3) is 11.1 Å². The van der Waals surface area contributed by atoms with Crippen LogP contribution >= 0.6 is 11.9 Å². The van der Waals surface area contributed by atoms with E-state index >= 15 is 0 Å². The highest BCUT2D eigenvalue weighted by Gasteiger charge is 2.34. The molecule has 2 aromatic rings. The molecule has 0 atom stereocenters. The van der Waals surface area contributed by atoms with Crippen LogP contribution in [0.15, 0.2) is 35.1 Å². The molecule has 0 amide bonds. The molecular weight excluding hydrogens is 364 g/mol. The van der Waals surface area contributed by atoms with Gasteiger partial charge >= 0.3 is 5.97 Å². The van der Waals surface area contributed by atoms with E-state index in [1.54, 1.807) is 18.2 Å². The molecule has 1 aliphatic heterocycles. The summed E-state index contributed by atoms with van der Waals surface area (Å²) in [5.41, 5.74) is 2.02. The number of carboxylic acids is 1. The van der Waals surface area contributed by atoms with Gasteiger partial charge in [-0.25, -0.2) is 17.9 Å². The van der Waals surface area contributed by atoms with E-state index in [9.17, 15) is 18.7 Å². The van der Waals surface area contributed by atoms with Crippen LogP contribution in [-0.4, -0.2) is 41.5 Å². The summed E-state index contributed by atoms with van der Waals surface area (Å²) >= 11 is 1.37. The minimum atomic E-state index is -2.60. The zero-order chi connectivity index (χ0) is 18.7. The van der Waals surface area contributed by atoms with Gasteiger partial charge in [-0.15, -0.1) is 0 Å². The largest absolute Gasteiger partial charge is 0.495 e. The number of hydrogen-bond donors (Lipinski definition) is 1. The van der Waals surface area contributed by atoms with E-state index in [0.29, 0.717) is 16.9 Å². The monoisotopic (exact) mass is 383 g/mol. The molecule has 1 fully saturated rings. The van der Waals surface area contributed by atoms with Gasteiger partial charge in [0.25, 0.3) is 5.92 Å². The topological polar surface area (TPSA) is 62.9 Å². The van der Waals surface area contributed by atoms with E-state index in [-0.39, 0.29) is 37.2 Å². The molecule has 140 valence electrons. The lowest BCUT2D eigenvalue weighted by atomic mass is 9.99. The number of furan rings is 1. The first-order valence-electron chi connectivity index (χ1n) is 8.13. The van der Waals surface area contributed by atoms with Crippen molar-refractivity contribution in [2.24, 2.45) is 0 Å². The number of ether oxygens (including phenoxy) is 1. The SMILES string of the molecule is COc1c(-c2ccoc2)ccc(CSN2CCC(F)(F)CC2)c1C(=O)O. The standard InChI is InChI=1S/C18H19F2NO4S/c1-24-16-14(12-4-9-25-10-12)3-2-13(15(16)17(22)23)11-26-21-7-5-18(19,20)6-8-21/h2-4,9-10H,5-8,11H2,1H3,(H,22,23). The predicted molar refractivity (Wildman–Crippen MR) is 94.7 cm³/mol. The number of methoxy groups -OCH3 is 1. The zero-order valence-corrected chi connectivity index (χ0v) is 15.0. The van der Waals surface area contributed by atoms with Gasteiger partial charge in [0.1, 0.15) is 11.3 Å². The van der Waals surface area contributed by atoms with E-state index in [4.69, 9.17) is 9.15 Å². The molecule has 1 aromatic carbocycles. The smallest absolute Gasteiger partial charge is 0.339 e. The molecule has 1 saturated heterocycles. The molecule has 1 aromatic heterocycles. The van der Waals surface area contributed by atoms with Crippen LogP contribution in [0.1, 0.15) is 28.8 Å². The Morgan fingerprint density at radius 1 is 1.35 bits per heavy atom. The minimum Gasteiger partial charge on any atom is -0.495 e. The van der Waals surface area contributed by atoms with Crippen molar-refractivity contribution in [3.8, 4) is 16.9 Å². The molecule has 3 rings (SSSR count). The average Bonchev–Trinajstić information content (AvgIpc) is 3.14. The van der Waals surface area contributed by atoms with Gasteiger partial charge in [-0.1, -0.05) is 24.1 Å². The maximum absolute atomic E-state index is 13.3. The molecular formula is C18H19F2NO4S. The highest BCUT2D eigenvalue weighted by Crippen LogP contribution is 2.38. The second kappa shape index (κ2) is 7.67. The fourth-order valence-corrected chi connectivity index (χ4v) is 3.94. The van der Waals surface area contributed by atoms with Gasteiger partial charge in [-0.3, -0.25) is 0 Å². The van der Waals surface area contributed by atoms with Crippen LogP contribution in [0, 0.1) is 0 Å². The molecule has 0 aliphatic carbocycles. The Hall–Kier alpha value is -2.06. The minimum absolute atomic E-state index is 0.0843. The number of hydrogen-bond acceptors (Lipinski definition) is 5. The molecule has 0 spiro atoms. The number of nitrogens with zero attached hydrogens (tertiary/aromatic N) is 1. The van der Waals surface area contributed by atoms with Crippen molar-refractivity contribution in [2.75, 3.05) is 20.2 Å². The average molecular weight is 383 g/mol. The number of carboxylic acid groups (broad SMARTS) is 1. The summed E-state index contributed by atoms with van der Waals surface area (Å²) in [5.74, 6) is -3.05. The van der Waals surface area contributed by atoms with Crippen LogP contribution in [0.4, 0.5) is 8.78 Å². The Morgan fingerprint density at radius 3 is 2.65 bits per heavy atom. The summed E-state index contributed by atoms with van der Waals surface area (Å²) in [4.78, 5) is 11.8. The lowest BCUT2D eigenvalue weighted by Gasteiger charge is -2.30. The lowest BCUT2D eigenvalue weighted by Crippen LogP contribution is -2.35. The lowest BCUT2D eigenvalue weighted by molar-refractivity contribution is -0.0399. The summed E-state index contributed by atoms with van der Waals surface area (Å²) < 4.78 is 38.8. The molecule has 1 N–H and O–H groups in total. The molecule has 5 nitrogen and oxygen atoms in total. The van der Waals surface area contributed by atoms with Gasteiger partial charge in [0, 0.05) is 42.8 Å². The van der Waals surface area contributed by atoms with Crippen LogP contribution < -0.4 is 4.74 Å². The van der Waals surface area contributed by atoms with Gasteiger partial charge in [0.15, 0.2) is 0 Å². The Labute approximate surface area is 154 Å². The van der Waals surface area contributed by atoms with E-state index in [2.05, 4.69) is 0 Å². The van der Waals surface area contributed by atoms with Crippen molar-refractivity contribution < 1.29 is 27.8 Å². The number of benzene rings is 1. The number of carbonyl (C=O) groups is 1. The Bertz CT molecular complexity index is 770. The van der Waals surface area contributed by atoms with Gasteiger partial charge in [0.05, 0.1) is 19.6 Å². The van der Waals surface area contributed by atoms with Crippen LogP contribution in [0.5, 0.6) is 5.75 Å². The molecule has 0 bridgehead atoms. The number of piperidine rings is 1. The second-order valence-electron chi connectivity index (χ2n) is 6.06. The third-order valence-electron chi connectivity index (χ3n) is 4.35. The first kappa shape index (κ1) is 18.7. The Balaban J connectivity index is 1.82. The molecule has 0 radical (unpaired) electrons. The summed E-state index contributed by atoms with van der Waals surface area (Å²) in [6.45, 7) is 0.564. The number of aromatic carboxylic acids is 1. The fraction of sp³-hybridized carbons (Fsp3) is 0.389. The maximum atomic E-state index is 13.3. The summed E-state index contributed by atoms with van der Waals surface area (Å²) in [5, 5.41) is 9.68. The fourth-order valence-electron chi connectivity index (χ4n) is 2.94. The number of rotatable bonds is 6. The van der Waals surface area contributed by atoms with Crippen molar-refractivity contribution in [3.63, 3.8) is 0 Å². The second-order valence-corrected chi connectivity index (χ2v) is 7.12. The van der Waals surface area contributed by atoms with E-state index in [0.717, 1.165) is 5.56 Å². The first-order chi connectivity index (χ1) is 12.4. The van der Waals surface area contributed by atoms with Crippen LogP contribution in [-0.2, 0) is 5.75 Å². The quantitative estimate of drug-likeness (QED) is 0.740. The summed E-state index contributed by atoms with van der Waals surface area (Å²) in [6.07, 6.45) is 2.68. The van der Waals surface area contributed by atoms with E-state index in [1.807, 2.05) is 4.31 Å². The van der Waals surface area contributed by atoms with Crippen LogP contribution in [0.3, 0.4) is 0 Å². The van der Waals surface area contributed by atoms with Crippen molar-refractivity contribution >= 4 is 17.9 Å². The molecule has 2 heterocycles. The Kier molecular flexibility index (Phi) is 5.52. The highest BCUT2D eigenvalue weighted by molar-refractivity contribution is 7.96. The first-order valence-corrected chi connectivity index (χ1v) is 9.07. The Morgan fingerprint density at radius 2 is 2.08 bits per heavy atom. The van der Waals surface area contributed by atoms with Gasteiger partial charge in [-0.05, 0) is 11.6 Å². The van der Waals surface area contributed by atoms with Crippen molar-refractivity contribution in [2.45, 2.75) is 24.5 Å². The van der Waals surface area contributed by atoms with E-state index < -0.39 is 11.9 Å². The molecule has 1 aliphatic rings. The summed E-state index contributed by atoms with van der Waals surface area (Å²) in [7, 11) is 1.43. The zero-order valence-electron chi connectivity index (χ0n) is 14.2.